The zero-order valence-corrected chi connectivity index (χ0v) is 20.0. The van der Waals surface area contributed by atoms with E-state index in [-0.39, 0.29) is 24.0 Å². The number of benzene rings is 1. The second-order valence-corrected chi connectivity index (χ2v) is 6.93. The maximum atomic E-state index is 5.46. The average molecular weight is 505 g/mol. The molecule has 0 saturated carbocycles. The first kappa shape index (κ1) is 24.8. The van der Waals surface area contributed by atoms with Crippen LogP contribution in [0.2, 0.25) is 0 Å². The Morgan fingerprint density at radius 1 is 1.25 bits per heavy atom. The summed E-state index contributed by atoms with van der Waals surface area (Å²) in [6, 6.07) is 5.89. The Bertz CT molecular complexity index is 592. The maximum absolute atomic E-state index is 5.46. The van der Waals surface area contributed by atoms with Crippen molar-refractivity contribution in [3.05, 3.63) is 23.8 Å². The van der Waals surface area contributed by atoms with Crippen molar-refractivity contribution >= 4 is 29.9 Å². The molecule has 1 aliphatic heterocycles. The summed E-state index contributed by atoms with van der Waals surface area (Å²) in [6.07, 6.45) is 4.35. The molecule has 1 aromatic carbocycles. The third-order valence-electron chi connectivity index (χ3n) is 5.04. The van der Waals surface area contributed by atoms with E-state index in [4.69, 9.17) is 19.2 Å². The van der Waals surface area contributed by atoms with Crippen molar-refractivity contribution in [3.8, 4) is 11.5 Å². The molecule has 0 radical (unpaired) electrons. The van der Waals surface area contributed by atoms with E-state index in [9.17, 15) is 0 Å². The van der Waals surface area contributed by atoms with E-state index in [0.29, 0.717) is 6.54 Å². The van der Waals surface area contributed by atoms with Crippen LogP contribution in [0, 0.1) is 5.92 Å². The molecule has 1 aliphatic rings. The Kier molecular flexibility index (Phi) is 12.3. The second kappa shape index (κ2) is 13.9. The molecule has 1 fully saturated rings. The Morgan fingerprint density at radius 2 is 2.00 bits per heavy atom. The molecular weight excluding hydrogens is 469 g/mol. The molecule has 0 spiro atoms. The van der Waals surface area contributed by atoms with Gasteiger partial charge in [-0.3, -0.25) is 4.99 Å². The number of aliphatic imine (C=N–C) groups is 1. The minimum absolute atomic E-state index is 0. The van der Waals surface area contributed by atoms with Gasteiger partial charge in [0, 0.05) is 39.9 Å². The molecule has 7 heteroatoms. The number of halogens is 1. The summed E-state index contributed by atoms with van der Waals surface area (Å²) in [7, 11) is 5.50. The molecule has 0 aliphatic carbocycles. The first-order valence-electron chi connectivity index (χ1n) is 9.96. The fourth-order valence-corrected chi connectivity index (χ4v) is 3.35. The third kappa shape index (κ3) is 8.03. The van der Waals surface area contributed by atoms with Crippen molar-refractivity contribution < 1.29 is 14.2 Å². The van der Waals surface area contributed by atoms with Crippen LogP contribution in [0.15, 0.2) is 23.2 Å². The molecule has 6 nitrogen and oxygen atoms in total. The molecule has 2 rings (SSSR count). The van der Waals surface area contributed by atoms with Crippen molar-refractivity contribution in [2.24, 2.45) is 10.9 Å². The van der Waals surface area contributed by atoms with Crippen LogP contribution in [0.4, 0.5) is 0 Å². The van der Waals surface area contributed by atoms with Gasteiger partial charge in [0.05, 0.1) is 14.2 Å². The zero-order chi connectivity index (χ0) is 19.5. The van der Waals surface area contributed by atoms with Gasteiger partial charge >= 0.3 is 0 Å². The monoisotopic (exact) mass is 505 g/mol. The van der Waals surface area contributed by atoms with Crippen LogP contribution >= 0.6 is 24.0 Å². The SMILES string of the molecule is CCNC(=NCCc1cc(OC)ccc1OC)N(C)CCC1CCOCC1.I. The van der Waals surface area contributed by atoms with Crippen LogP contribution in [0.25, 0.3) is 0 Å². The predicted molar refractivity (Wildman–Crippen MR) is 125 cm³/mol. The number of guanidine groups is 1. The summed E-state index contributed by atoms with van der Waals surface area (Å²) >= 11 is 0. The highest BCUT2D eigenvalue weighted by Crippen LogP contribution is 2.24. The molecule has 0 aromatic heterocycles. The summed E-state index contributed by atoms with van der Waals surface area (Å²) in [5.41, 5.74) is 1.11. The van der Waals surface area contributed by atoms with Crippen LogP contribution in [0.1, 0.15) is 31.7 Å². The van der Waals surface area contributed by atoms with Gasteiger partial charge in [-0.15, -0.1) is 24.0 Å². The molecule has 1 saturated heterocycles. The summed E-state index contributed by atoms with van der Waals surface area (Å²) in [6.45, 7) is 6.50. The topological polar surface area (TPSA) is 55.3 Å². The van der Waals surface area contributed by atoms with Gasteiger partial charge < -0.3 is 24.4 Å². The summed E-state index contributed by atoms with van der Waals surface area (Å²) in [5, 5.41) is 3.40. The van der Waals surface area contributed by atoms with Crippen molar-refractivity contribution in [2.75, 3.05) is 54.1 Å². The lowest BCUT2D eigenvalue weighted by molar-refractivity contribution is 0.0625. The van der Waals surface area contributed by atoms with Gasteiger partial charge in [-0.25, -0.2) is 0 Å². The highest BCUT2D eigenvalue weighted by Gasteiger charge is 2.15. The Morgan fingerprint density at radius 3 is 2.64 bits per heavy atom. The van der Waals surface area contributed by atoms with E-state index >= 15 is 0 Å². The third-order valence-corrected chi connectivity index (χ3v) is 5.04. The van der Waals surface area contributed by atoms with Gasteiger partial charge in [0.1, 0.15) is 11.5 Å². The Hall–Kier alpha value is -1.22. The first-order valence-corrected chi connectivity index (χ1v) is 9.96. The maximum Gasteiger partial charge on any atom is 0.193 e. The van der Waals surface area contributed by atoms with Gasteiger partial charge in [-0.1, -0.05) is 0 Å². The quantitative estimate of drug-likeness (QED) is 0.316. The minimum atomic E-state index is 0. The highest BCUT2D eigenvalue weighted by atomic mass is 127. The van der Waals surface area contributed by atoms with E-state index in [1.165, 1.54) is 19.3 Å². The zero-order valence-electron chi connectivity index (χ0n) is 17.7. The lowest BCUT2D eigenvalue weighted by Crippen LogP contribution is -2.40. The van der Waals surface area contributed by atoms with Crippen molar-refractivity contribution in [1.82, 2.24) is 10.2 Å². The molecule has 1 heterocycles. The molecule has 0 unspecified atom stereocenters. The second-order valence-electron chi connectivity index (χ2n) is 6.93. The van der Waals surface area contributed by atoms with Crippen LogP contribution in [-0.4, -0.2) is 65.0 Å². The van der Waals surface area contributed by atoms with E-state index in [1.54, 1.807) is 14.2 Å². The molecule has 0 amide bonds. The van der Waals surface area contributed by atoms with E-state index in [0.717, 1.165) is 61.7 Å². The summed E-state index contributed by atoms with van der Waals surface area (Å²) in [5.74, 6) is 3.45. The van der Waals surface area contributed by atoms with Crippen molar-refractivity contribution in [2.45, 2.75) is 32.6 Å². The number of rotatable bonds is 9. The molecule has 1 N–H and O–H groups in total. The number of hydrogen-bond donors (Lipinski definition) is 1. The van der Waals surface area contributed by atoms with E-state index in [1.807, 2.05) is 18.2 Å². The van der Waals surface area contributed by atoms with E-state index < -0.39 is 0 Å². The van der Waals surface area contributed by atoms with Crippen LogP contribution in [0.5, 0.6) is 11.5 Å². The molecule has 1 aromatic rings. The van der Waals surface area contributed by atoms with Crippen LogP contribution < -0.4 is 14.8 Å². The number of ether oxygens (including phenoxy) is 3. The number of nitrogens with one attached hydrogen (secondary N) is 1. The smallest absolute Gasteiger partial charge is 0.193 e. The van der Waals surface area contributed by atoms with Crippen LogP contribution in [0.3, 0.4) is 0 Å². The Balaban J connectivity index is 0.00000392. The van der Waals surface area contributed by atoms with Gasteiger partial charge in [0.15, 0.2) is 5.96 Å². The van der Waals surface area contributed by atoms with Gasteiger partial charge in [-0.05, 0) is 62.3 Å². The lowest BCUT2D eigenvalue weighted by Gasteiger charge is -2.26. The average Bonchev–Trinajstić information content (AvgIpc) is 2.72. The molecular formula is C21H36IN3O3. The molecule has 0 bridgehead atoms. The summed E-state index contributed by atoms with van der Waals surface area (Å²) < 4.78 is 16.2. The number of nitrogens with zero attached hydrogens (tertiary/aromatic N) is 2. The van der Waals surface area contributed by atoms with Crippen LogP contribution in [-0.2, 0) is 11.2 Å². The fraction of sp³-hybridized carbons (Fsp3) is 0.667. The van der Waals surface area contributed by atoms with Gasteiger partial charge in [-0.2, -0.15) is 0 Å². The lowest BCUT2D eigenvalue weighted by atomic mass is 9.96. The first-order chi connectivity index (χ1) is 13.2. The van der Waals surface area contributed by atoms with Gasteiger partial charge in [0.25, 0.3) is 0 Å². The highest BCUT2D eigenvalue weighted by molar-refractivity contribution is 14.0. The largest absolute Gasteiger partial charge is 0.497 e. The number of methoxy groups -OCH3 is 2. The molecule has 160 valence electrons. The fourth-order valence-electron chi connectivity index (χ4n) is 3.35. The summed E-state index contributed by atoms with van der Waals surface area (Å²) in [4.78, 5) is 7.05. The van der Waals surface area contributed by atoms with Gasteiger partial charge in [0.2, 0.25) is 0 Å². The Labute approximate surface area is 187 Å². The minimum Gasteiger partial charge on any atom is -0.497 e. The number of hydrogen-bond acceptors (Lipinski definition) is 4. The molecule has 0 atom stereocenters. The standard InChI is InChI=1S/C21H35N3O3.HI/c1-5-22-21(24(2)13-9-17-10-14-27-15-11-17)23-12-8-18-16-19(25-3)6-7-20(18)26-4;/h6-7,16-17H,5,8-15H2,1-4H3,(H,22,23);1H. The molecule has 28 heavy (non-hydrogen) atoms. The van der Waals surface area contributed by atoms with Crippen molar-refractivity contribution in [1.29, 1.82) is 0 Å². The van der Waals surface area contributed by atoms with Crippen molar-refractivity contribution in [3.63, 3.8) is 0 Å². The predicted octanol–water partition coefficient (Wildman–Crippen LogP) is 3.58. The normalized spacial score (nSPS) is 14.9. The van der Waals surface area contributed by atoms with E-state index in [2.05, 4.69) is 24.2 Å².